The maximum absolute atomic E-state index is 15.5. The molecule has 2 unspecified atom stereocenters. The third-order valence-corrected chi connectivity index (χ3v) is 6.95. The Balaban J connectivity index is 1.72. The van der Waals surface area contributed by atoms with Crippen molar-refractivity contribution in [1.82, 2.24) is 9.55 Å². The van der Waals surface area contributed by atoms with Gasteiger partial charge in [-0.15, -0.1) is 0 Å². The van der Waals surface area contributed by atoms with E-state index in [0.29, 0.717) is 24.6 Å². The van der Waals surface area contributed by atoms with Crippen molar-refractivity contribution in [3.63, 3.8) is 0 Å². The first-order valence-electron chi connectivity index (χ1n) is 10.6. The molecule has 0 bridgehead atoms. The van der Waals surface area contributed by atoms with Crippen LogP contribution in [0.3, 0.4) is 0 Å². The lowest BCUT2D eigenvalue weighted by Gasteiger charge is -2.26. The number of anilines is 1. The van der Waals surface area contributed by atoms with Crippen LogP contribution in [0.4, 0.5) is 18.9 Å². The molecule has 2 heterocycles. The Bertz CT molecular complexity index is 1130. The van der Waals surface area contributed by atoms with E-state index in [1.807, 2.05) is 0 Å². The molecule has 9 heteroatoms. The number of nitrogens with zero attached hydrogens (tertiary/aromatic N) is 2. The molecular formula is C21H25F3N4O2. The molecule has 2 saturated carbocycles. The fourth-order valence-corrected chi connectivity index (χ4v) is 5.11. The van der Waals surface area contributed by atoms with Gasteiger partial charge in [-0.25, -0.2) is 18.0 Å². The maximum atomic E-state index is 15.5. The Morgan fingerprint density at radius 3 is 2.40 bits per heavy atom. The Kier molecular flexibility index (Phi) is 4.50. The van der Waals surface area contributed by atoms with Gasteiger partial charge >= 0.3 is 5.69 Å². The Morgan fingerprint density at radius 2 is 1.80 bits per heavy atom. The van der Waals surface area contributed by atoms with E-state index in [1.54, 1.807) is 11.8 Å². The number of alkyl halides is 2. The molecule has 3 aliphatic rings. The lowest BCUT2D eigenvalue weighted by Crippen LogP contribution is -2.35. The van der Waals surface area contributed by atoms with Crippen LogP contribution >= 0.6 is 0 Å². The highest BCUT2D eigenvalue weighted by Crippen LogP contribution is 2.44. The van der Waals surface area contributed by atoms with Crippen molar-refractivity contribution in [3.8, 4) is 0 Å². The SMILES string of the molecule is Cc1c(N2CCC(C(N)C3CC3)C2)c(F)c(C(F)F)c2c(=O)[nH]c(=O)n(C3CC3)c12. The monoisotopic (exact) mass is 422 g/mol. The largest absolute Gasteiger partial charge is 0.369 e. The molecule has 6 nitrogen and oxygen atoms in total. The summed E-state index contributed by atoms with van der Waals surface area (Å²) in [6, 6.07) is -0.130. The van der Waals surface area contributed by atoms with Crippen LogP contribution < -0.4 is 21.9 Å². The Morgan fingerprint density at radius 1 is 1.10 bits per heavy atom. The van der Waals surface area contributed by atoms with Gasteiger partial charge in [-0.3, -0.25) is 14.3 Å². The Labute approximate surface area is 170 Å². The summed E-state index contributed by atoms with van der Waals surface area (Å²) >= 11 is 0. The fraction of sp³-hybridized carbons (Fsp3) is 0.619. The van der Waals surface area contributed by atoms with E-state index in [2.05, 4.69) is 4.98 Å². The summed E-state index contributed by atoms with van der Waals surface area (Å²) in [4.78, 5) is 28.9. The number of rotatable bonds is 5. The molecule has 2 atom stereocenters. The van der Waals surface area contributed by atoms with E-state index in [1.165, 1.54) is 4.57 Å². The maximum Gasteiger partial charge on any atom is 0.329 e. The average molecular weight is 422 g/mol. The van der Waals surface area contributed by atoms with E-state index in [9.17, 15) is 18.4 Å². The number of halogens is 3. The first kappa shape index (κ1) is 19.7. The van der Waals surface area contributed by atoms with Gasteiger partial charge in [-0.2, -0.15) is 0 Å². The van der Waals surface area contributed by atoms with Gasteiger partial charge in [0, 0.05) is 30.7 Å². The summed E-state index contributed by atoms with van der Waals surface area (Å²) < 4.78 is 44.8. The van der Waals surface area contributed by atoms with Crippen molar-refractivity contribution in [1.29, 1.82) is 0 Å². The quantitative estimate of drug-likeness (QED) is 0.776. The second kappa shape index (κ2) is 6.87. The van der Waals surface area contributed by atoms with Gasteiger partial charge in [-0.1, -0.05) is 0 Å². The molecule has 1 aliphatic heterocycles. The molecule has 0 amide bonds. The van der Waals surface area contributed by atoms with Gasteiger partial charge < -0.3 is 10.6 Å². The Hall–Kier alpha value is -2.29. The molecule has 1 saturated heterocycles. The summed E-state index contributed by atoms with van der Waals surface area (Å²) in [5.41, 5.74) is 4.40. The minimum atomic E-state index is -3.18. The lowest BCUT2D eigenvalue weighted by atomic mass is 9.96. The van der Waals surface area contributed by atoms with Crippen LogP contribution in [0.2, 0.25) is 0 Å². The molecule has 3 fully saturated rings. The number of aryl methyl sites for hydroxylation is 1. The first-order chi connectivity index (χ1) is 14.3. The zero-order valence-electron chi connectivity index (χ0n) is 16.8. The molecule has 1 aromatic heterocycles. The van der Waals surface area contributed by atoms with Gasteiger partial charge in [0.25, 0.3) is 12.0 Å². The molecular weight excluding hydrogens is 397 g/mol. The van der Waals surface area contributed by atoms with Crippen LogP contribution in [-0.4, -0.2) is 28.7 Å². The summed E-state index contributed by atoms with van der Waals surface area (Å²) in [5.74, 6) is -0.401. The second-order valence-electron chi connectivity index (χ2n) is 9.00. The first-order valence-corrected chi connectivity index (χ1v) is 10.6. The number of benzene rings is 1. The van der Waals surface area contributed by atoms with E-state index < -0.39 is 34.4 Å². The van der Waals surface area contributed by atoms with Crippen LogP contribution in [0.15, 0.2) is 9.59 Å². The highest BCUT2D eigenvalue weighted by Gasteiger charge is 2.39. The van der Waals surface area contributed by atoms with Gasteiger partial charge in [0.1, 0.15) is 0 Å². The highest BCUT2D eigenvalue weighted by molar-refractivity contribution is 5.90. The van der Waals surface area contributed by atoms with Crippen LogP contribution in [0.25, 0.3) is 10.9 Å². The molecule has 1 aromatic carbocycles. The number of nitrogens with one attached hydrogen (secondary N) is 1. The number of nitrogens with two attached hydrogens (primary N) is 1. The molecule has 0 radical (unpaired) electrons. The van der Waals surface area contributed by atoms with Crippen molar-refractivity contribution < 1.29 is 13.2 Å². The van der Waals surface area contributed by atoms with E-state index in [0.717, 1.165) is 32.1 Å². The van der Waals surface area contributed by atoms with Crippen LogP contribution in [0.5, 0.6) is 0 Å². The van der Waals surface area contributed by atoms with Crippen LogP contribution in [0.1, 0.15) is 55.7 Å². The number of fused-ring (bicyclic) bond motifs is 1. The van der Waals surface area contributed by atoms with Gasteiger partial charge in [0.05, 0.1) is 22.2 Å². The third kappa shape index (κ3) is 2.97. The molecule has 0 spiro atoms. The third-order valence-electron chi connectivity index (χ3n) is 6.95. The standard InChI is InChI=1S/C21H25F3N4O2/c1-9-17-14(20(29)26-21(30)28(17)12-4-5-12)13(19(23)24)15(22)18(9)27-7-6-11(8-27)16(25)10-2-3-10/h10-12,16,19H,2-8,25H2,1H3,(H,26,29,30). The second-order valence-corrected chi connectivity index (χ2v) is 9.00. The molecule has 2 aliphatic carbocycles. The van der Waals surface area contributed by atoms with E-state index in [-0.39, 0.29) is 29.2 Å². The molecule has 162 valence electrons. The van der Waals surface area contributed by atoms with Crippen molar-refractivity contribution in [2.75, 3.05) is 18.0 Å². The highest BCUT2D eigenvalue weighted by atomic mass is 19.3. The molecule has 3 N–H and O–H groups in total. The minimum Gasteiger partial charge on any atom is -0.369 e. The number of H-pyrrole nitrogens is 1. The topological polar surface area (TPSA) is 84.1 Å². The van der Waals surface area contributed by atoms with Crippen molar-refractivity contribution in [2.45, 2.75) is 57.5 Å². The normalized spacial score (nSPS) is 23.0. The lowest BCUT2D eigenvalue weighted by molar-refractivity contribution is 0.148. The summed E-state index contributed by atoms with van der Waals surface area (Å²) in [5, 5.41) is -0.416. The number of aromatic amines is 1. The number of hydrogen-bond donors (Lipinski definition) is 2. The van der Waals surface area contributed by atoms with Gasteiger partial charge in [0.2, 0.25) is 0 Å². The fourth-order valence-electron chi connectivity index (χ4n) is 5.11. The van der Waals surface area contributed by atoms with Crippen molar-refractivity contribution >= 4 is 16.6 Å². The summed E-state index contributed by atoms with van der Waals surface area (Å²) in [6.07, 6.45) is 1.24. The van der Waals surface area contributed by atoms with Gasteiger partial charge in [0.15, 0.2) is 5.82 Å². The van der Waals surface area contributed by atoms with E-state index in [4.69, 9.17) is 5.73 Å². The zero-order chi connectivity index (χ0) is 21.3. The number of hydrogen-bond acceptors (Lipinski definition) is 4. The van der Waals surface area contributed by atoms with Crippen molar-refractivity contribution in [3.05, 3.63) is 37.8 Å². The number of aromatic nitrogens is 2. The smallest absolute Gasteiger partial charge is 0.329 e. The molecule has 5 rings (SSSR count). The van der Waals surface area contributed by atoms with Crippen LogP contribution in [0, 0.1) is 24.6 Å². The predicted molar refractivity (Wildman–Crippen MR) is 108 cm³/mol. The molecule has 30 heavy (non-hydrogen) atoms. The summed E-state index contributed by atoms with van der Waals surface area (Å²) in [7, 11) is 0. The average Bonchev–Trinajstić information content (AvgIpc) is 3.60. The molecule has 2 aromatic rings. The van der Waals surface area contributed by atoms with Gasteiger partial charge in [-0.05, 0) is 50.9 Å². The minimum absolute atomic E-state index is 0.0286. The van der Waals surface area contributed by atoms with Crippen molar-refractivity contribution in [2.24, 2.45) is 17.6 Å². The van der Waals surface area contributed by atoms with E-state index >= 15 is 4.39 Å². The summed E-state index contributed by atoms with van der Waals surface area (Å²) in [6.45, 7) is 2.61. The van der Waals surface area contributed by atoms with Crippen LogP contribution in [-0.2, 0) is 0 Å². The zero-order valence-corrected chi connectivity index (χ0v) is 16.8. The predicted octanol–water partition coefficient (Wildman–Crippen LogP) is 2.97.